The first-order valence-electron chi connectivity index (χ1n) is 20.8. The molecule has 0 fully saturated rings. The molecule has 0 bridgehead atoms. The maximum absolute atomic E-state index is 12.3. The molecule has 0 unspecified atom stereocenters. The van der Waals surface area contributed by atoms with Gasteiger partial charge in [0.05, 0.1) is 39.2 Å². The third-order valence-corrected chi connectivity index (χ3v) is 11.7. The largest absolute Gasteiger partial charge is 0.395 e. The van der Waals surface area contributed by atoms with Gasteiger partial charge in [-0.2, -0.15) is 0 Å². The van der Waals surface area contributed by atoms with Crippen molar-refractivity contribution in [1.82, 2.24) is 10.6 Å². The molecule has 0 spiro atoms. The van der Waals surface area contributed by atoms with Crippen molar-refractivity contribution in [2.24, 2.45) is 0 Å². The number of aryl methyl sites for hydroxylation is 1. The molecular weight excluding hydrogens is 797 g/mol. The Kier molecular flexibility index (Phi) is 26.2. The average molecular weight is 863 g/mol. The van der Waals surface area contributed by atoms with E-state index in [1.54, 1.807) is 21.6 Å². The minimum atomic E-state index is 0.0381. The number of pyridine rings is 1. The summed E-state index contributed by atoms with van der Waals surface area (Å²) >= 11 is 0. The fourth-order valence-corrected chi connectivity index (χ4v) is 7.93. The Balaban J connectivity index is 1.16. The van der Waals surface area contributed by atoms with Crippen LogP contribution in [0.25, 0.3) is 18.2 Å². The molecule has 3 rings (SSSR count). The second kappa shape index (κ2) is 31.5. The zero-order chi connectivity index (χ0) is 43.0. The van der Waals surface area contributed by atoms with Crippen molar-refractivity contribution in [2.75, 3.05) is 93.5 Å². The lowest BCUT2D eigenvalue weighted by Crippen LogP contribution is -2.78. The normalized spacial score (nSPS) is 11.8. The molecule has 3 aromatic rings. The maximum atomic E-state index is 12.3. The molecule has 0 atom stereocenters. The highest BCUT2D eigenvalue weighted by Crippen LogP contribution is 2.22. The molecule has 1 aromatic heterocycles. The molecule has 326 valence electrons. The van der Waals surface area contributed by atoms with Gasteiger partial charge in [0, 0.05) is 100.0 Å². The average Bonchev–Trinajstić information content (AvgIpc) is 3.27. The summed E-state index contributed by atoms with van der Waals surface area (Å²) in [6, 6.07) is 20.2. The van der Waals surface area contributed by atoms with Crippen molar-refractivity contribution in [2.45, 2.75) is 39.2 Å². The molecule has 14 heteroatoms. The van der Waals surface area contributed by atoms with E-state index in [1.807, 2.05) is 83.8 Å². The van der Waals surface area contributed by atoms with Gasteiger partial charge in [0.25, 0.3) is 0 Å². The van der Waals surface area contributed by atoms with Crippen molar-refractivity contribution in [1.29, 1.82) is 0 Å². The van der Waals surface area contributed by atoms with Gasteiger partial charge in [-0.1, -0.05) is 76.2 Å². The number of carbonyl (C=O) groups is 2. The first-order valence-corrected chi connectivity index (χ1v) is 23.3. The Bertz CT molecular complexity index is 1740. The Morgan fingerprint density at radius 1 is 0.650 bits per heavy atom. The summed E-state index contributed by atoms with van der Waals surface area (Å²) < 4.78 is 2.11. The van der Waals surface area contributed by atoms with Gasteiger partial charge in [0.15, 0.2) is 12.4 Å². The van der Waals surface area contributed by atoms with E-state index < -0.39 is 0 Å². The minimum absolute atomic E-state index is 0.0381. The number of amides is 2. The number of aliphatic hydroxyl groups is 4. The van der Waals surface area contributed by atoms with Crippen LogP contribution in [0.4, 0.5) is 11.4 Å². The van der Waals surface area contributed by atoms with E-state index >= 15 is 0 Å². The van der Waals surface area contributed by atoms with Gasteiger partial charge in [0.1, 0.15) is 6.54 Å². The van der Waals surface area contributed by atoms with Crippen LogP contribution in [0.3, 0.4) is 0 Å². The Morgan fingerprint density at radius 2 is 1.12 bits per heavy atom. The summed E-state index contributed by atoms with van der Waals surface area (Å²) in [5, 5.41) is 45.2. The SMILES string of the molecule is C/C=C(\C=C/[NH2+]CCCNC(=O)CCSSCCC(=O)NCCC[n+]1ccc(/C=C/c2ccc(N(CCO)CCO)cc2)cc1)/C=C/c1ccc(N(CCO)CCO)cc1. The fraction of sp³-hybridized carbons (Fsp3) is 0.413. The first-order chi connectivity index (χ1) is 29.4. The van der Waals surface area contributed by atoms with Crippen LogP contribution in [-0.2, 0) is 16.1 Å². The predicted octanol–water partition coefficient (Wildman–Crippen LogP) is 3.64. The van der Waals surface area contributed by atoms with Crippen molar-refractivity contribution in [3.63, 3.8) is 0 Å². The zero-order valence-corrected chi connectivity index (χ0v) is 36.7. The van der Waals surface area contributed by atoms with E-state index in [4.69, 9.17) is 0 Å². The highest BCUT2D eigenvalue weighted by Gasteiger charge is 2.08. The summed E-state index contributed by atoms with van der Waals surface area (Å²) in [6.07, 6.45) is 21.1. The van der Waals surface area contributed by atoms with E-state index in [2.05, 4.69) is 69.1 Å². The van der Waals surface area contributed by atoms with E-state index in [0.717, 1.165) is 59.6 Å². The lowest BCUT2D eigenvalue weighted by atomic mass is 10.1. The highest BCUT2D eigenvalue weighted by atomic mass is 33.1. The Labute approximate surface area is 364 Å². The summed E-state index contributed by atoms with van der Waals surface area (Å²) in [5.41, 5.74) is 6.24. The number of anilines is 2. The zero-order valence-electron chi connectivity index (χ0n) is 35.0. The van der Waals surface area contributed by atoms with E-state index in [1.165, 1.54) is 0 Å². The lowest BCUT2D eigenvalue weighted by Gasteiger charge is -2.22. The quantitative estimate of drug-likeness (QED) is 0.0220. The number of quaternary nitrogens is 1. The lowest BCUT2D eigenvalue weighted by molar-refractivity contribution is -0.697. The van der Waals surface area contributed by atoms with Crippen LogP contribution in [0.1, 0.15) is 49.3 Å². The van der Waals surface area contributed by atoms with Crippen LogP contribution in [0, 0.1) is 0 Å². The van der Waals surface area contributed by atoms with Gasteiger partial charge in [-0.15, -0.1) is 0 Å². The summed E-state index contributed by atoms with van der Waals surface area (Å²) in [7, 11) is 3.25. The number of allylic oxidation sites excluding steroid dienone is 4. The van der Waals surface area contributed by atoms with Crippen molar-refractivity contribution >= 4 is 63.0 Å². The summed E-state index contributed by atoms with van der Waals surface area (Å²) in [4.78, 5) is 28.4. The maximum Gasteiger partial charge on any atom is 0.220 e. The van der Waals surface area contributed by atoms with Crippen molar-refractivity contribution < 1.29 is 39.9 Å². The van der Waals surface area contributed by atoms with E-state index in [0.29, 0.717) is 63.6 Å². The number of carbonyl (C=O) groups excluding carboxylic acids is 2. The molecule has 0 aliphatic carbocycles. The number of hydrogen-bond donors (Lipinski definition) is 7. The monoisotopic (exact) mass is 862 g/mol. The molecule has 2 amide bonds. The molecule has 0 radical (unpaired) electrons. The number of rotatable bonds is 31. The third-order valence-electron chi connectivity index (χ3n) is 9.30. The van der Waals surface area contributed by atoms with Gasteiger partial charge in [0.2, 0.25) is 11.8 Å². The van der Waals surface area contributed by atoms with Crippen molar-refractivity contribution in [3.8, 4) is 0 Å². The summed E-state index contributed by atoms with van der Waals surface area (Å²) in [5.74, 6) is 1.51. The Hall–Kier alpha value is -4.41. The molecule has 0 saturated carbocycles. The smallest absolute Gasteiger partial charge is 0.220 e. The molecule has 2 aromatic carbocycles. The second-order valence-corrected chi connectivity index (χ2v) is 16.5. The molecule has 0 aliphatic rings. The fourth-order valence-electron chi connectivity index (χ4n) is 5.95. The van der Waals surface area contributed by atoms with Crippen LogP contribution in [0.15, 0.2) is 103 Å². The second-order valence-electron chi connectivity index (χ2n) is 13.8. The molecule has 60 heavy (non-hydrogen) atoms. The topological polar surface area (TPSA) is 166 Å². The van der Waals surface area contributed by atoms with Crippen LogP contribution in [-0.4, -0.2) is 116 Å². The van der Waals surface area contributed by atoms with Gasteiger partial charge >= 0.3 is 0 Å². The standard InChI is InChI=1S/C46H64N6O6S2/c1-2-39(5-6-40-9-13-43(14-10-40)51(29-33-53)30-34-54)17-25-47-22-3-23-48-45(57)20-37-59-60-38-21-46(58)49-24-4-26-50-27-18-42(19-28-50)8-7-41-11-15-44(16-12-41)52(31-35-55)32-36-56/h2,5-19,25,27-28,47,53-56H,3-4,20-24,26,29-38H2,1H3,(H-,48,49,57,58)/p+2/b6-5+,25-17-,39-2-. The molecule has 12 nitrogen and oxygen atoms in total. The van der Waals surface area contributed by atoms with Crippen LogP contribution < -0.4 is 30.3 Å². The molecular formula is C46H66N6O6S2+2. The third kappa shape index (κ3) is 21.2. The van der Waals surface area contributed by atoms with Gasteiger partial charge in [-0.05, 0) is 59.5 Å². The number of nitrogens with two attached hydrogens (primary N) is 1. The number of hydrogen-bond acceptors (Lipinski definition) is 10. The van der Waals surface area contributed by atoms with Crippen LogP contribution >= 0.6 is 21.6 Å². The molecule has 0 saturated heterocycles. The summed E-state index contributed by atoms with van der Waals surface area (Å²) in [6.45, 7) is 7.02. The van der Waals surface area contributed by atoms with Gasteiger partial charge in [-0.3, -0.25) is 9.59 Å². The number of nitrogens with one attached hydrogen (secondary N) is 2. The highest BCUT2D eigenvalue weighted by molar-refractivity contribution is 8.76. The molecule has 0 aliphatic heterocycles. The van der Waals surface area contributed by atoms with Crippen molar-refractivity contribution in [3.05, 3.63) is 120 Å². The van der Waals surface area contributed by atoms with Gasteiger partial charge < -0.3 is 46.2 Å². The van der Waals surface area contributed by atoms with E-state index in [-0.39, 0.29) is 38.2 Å². The van der Waals surface area contributed by atoms with Crippen LogP contribution in [0.2, 0.25) is 0 Å². The molecule has 1 heterocycles. The number of aromatic nitrogens is 1. The van der Waals surface area contributed by atoms with Crippen LogP contribution in [0.5, 0.6) is 0 Å². The number of aliphatic hydroxyl groups excluding tert-OH is 4. The predicted molar refractivity (Wildman–Crippen MR) is 249 cm³/mol. The first kappa shape index (κ1) is 49.9. The molecule has 8 N–H and O–H groups in total. The van der Waals surface area contributed by atoms with Gasteiger partial charge in [-0.25, -0.2) is 4.57 Å². The Morgan fingerprint density at radius 3 is 1.60 bits per heavy atom. The minimum Gasteiger partial charge on any atom is -0.395 e. The number of benzene rings is 2. The number of nitrogens with zero attached hydrogens (tertiary/aromatic N) is 3. The van der Waals surface area contributed by atoms with E-state index in [9.17, 15) is 30.0 Å².